The van der Waals surface area contributed by atoms with Crippen molar-refractivity contribution in [1.29, 1.82) is 0 Å². The molecule has 1 heterocycles. The smallest absolute Gasteiger partial charge is 0.255 e. The number of methoxy groups -OCH3 is 1. The summed E-state index contributed by atoms with van der Waals surface area (Å²) in [4.78, 5) is 12.8. The number of hydrogen-bond donors (Lipinski definition) is 1. The number of rotatable bonds is 7. The quantitative estimate of drug-likeness (QED) is 0.661. The van der Waals surface area contributed by atoms with Gasteiger partial charge in [0.2, 0.25) is 0 Å². The Morgan fingerprint density at radius 2 is 1.88 bits per heavy atom. The first-order valence-corrected chi connectivity index (χ1v) is 8.70. The van der Waals surface area contributed by atoms with Crippen LogP contribution >= 0.6 is 0 Å². The Balaban J connectivity index is 1.83. The summed E-state index contributed by atoms with van der Waals surface area (Å²) in [5.74, 6) is 0.839. The van der Waals surface area contributed by atoms with Crippen LogP contribution in [0.2, 0.25) is 0 Å². The lowest BCUT2D eigenvalue weighted by Gasteiger charge is -2.13. The molecular weight excluding hydrogens is 324 g/mol. The van der Waals surface area contributed by atoms with Gasteiger partial charge in [-0.3, -0.25) is 4.79 Å². The minimum atomic E-state index is 0.0310. The van der Waals surface area contributed by atoms with Gasteiger partial charge in [0.05, 0.1) is 12.6 Å². The maximum absolute atomic E-state index is 12.8. The second-order valence-electron chi connectivity index (χ2n) is 6.39. The summed E-state index contributed by atoms with van der Waals surface area (Å²) in [6.07, 6.45) is 1.76. The van der Waals surface area contributed by atoms with Crippen molar-refractivity contribution in [2.45, 2.75) is 26.6 Å². The number of fused-ring (bicyclic) bond motifs is 1. The van der Waals surface area contributed by atoms with Gasteiger partial charge in [-0.25, -0.2) is 0 Å². The zero-order valence-electron chi connectivity index (χ0n) is 15.3. The number of hydrogen-bond acceptors (Lipinski definition) is 3. The van der Waals surface area contributed by atoms with E-state index in [0.29, 0.717) is 19.6 Å². The van der Waals surface area contributed by atoms with Gasteiger partial charge in [-0.2, -0.15) is 0 Å². The third-order valence-electron chi connectivity index (χ3n) is 4.44. The zero-order valence-corrected chi connectivity index (χ0v) is 15.3. The Kier molecular flexibility index (Phi) is 5.54. The van der Waals surface area contributed by atoms with Crippen LogP contribution in [0.5, 0.6) is 5.75 Å². The minimum absolute atomic E-state index is 0.0310. The van der Waals surface area contributed by atoms with Gasteiger partial charge in [0.15, 0.2) is 0 Å². The van der Waals surface area contributed by atoms with Crippen LogP contribution in [0.4, 0.5) is 0 Å². The SMILES string of the molecule is C=CCn1c(=O)c(CNCc2ccc(OC)cc2)cc2cc(C)ccc21. The third kappa shape index (κ3) is 3.86. The molecule has 0 saturated carbocycles. The van der Waals surface area contributed by atoms with Crippen molar-refractivity contribution in [1.82, 2.24) is 9.88 Å². The van der Waals surface area contributed by atoms with Gasteiger partial charge in [-0.05, 0) is 48.2 Å². The largest absolute Gasteiger partial charge is 0.497 e. The lowest BCUT2D eigenvalue weighted by atomic mass is 10.1. The van der Waals surface area contributed by atoms with E-state index < -0.39 is 0 Å². The number of aromatic nitrogens is 1. The Morgan fingerprint density at radius 1 is 1.12 bits per heavy atom. The molecule has 0 unspecified atom stereocenters. The molecule has 0 fully saturated rings. The summed E-state index contributed by atoms with van der Waals surface area (Å²) in [5.41, 5.74) is 4.06. The van der Waals surface area contributed by atoms with E-state index in [0.717, 1.165) is 27.8 Å². The van der Waals surface area contributed by atoms with Crippen molar-refractivity contribution in [3.8, 4) is 5.75 Å². The summed E-state index contributed by atoms with van der Waals surface area (Å²) < 4.78 is 6.96. The number of pyridine rings is 1. The second kappa shape index (κ2) is 8.02. The molecule has 1 aromatic heterocycles. The standard InChI is InChI=1S/C22H24N2O2/c1-4-11-24-21-10-5-16(2)12-18(21)13-19(22(24)25)15-23-14-17-6-8-20(26-3)9-7-17/h4-10,12-13,23H,1,11,14-15H2,2-3H3. The maximum atomic E-state index is 12.8. The lowest BCUT2D eigenvalue weighted by Crippen LogP contribution is -2.27. The first-order valence-electron chi connectivity index (χ1n) is 8.70. The summed E-state index contributed by atoms with van der Waals surface area (Å²) in [6.45, 7) is 7.56. The van der Waals surface area contributed by atoms with Crippen molar-refractivity contribution in [2.75, 3.05) is 7.11 Å². The molecule has 0 radical (unpaired) electrons. The van der Waals surface area contributed by atoms with Gasteiger partial charge in [0.25, 0.3) is 5.56 Å². The average molecular weight is 348 g/mol. The van der Waals surface area contributed by atoms with Gasteiger partial charge < -0.3 is 14.6 Å². The predicted molar refractivity (Wildman–Crippen MR) is 107 cm³/mol. The first-order chi connectivity index (χ1) is 12.6. The van der Waals surface area contributed by atoms with Gasteiger partial charge in [0.1, 0.15) is 5.75 Å². The van der Waals surface area contributed by atoms with Crippen molar-refractivity contribution in [3.63, 3.8) is 0 Å². The van der Waals surface area contributed by atoms with Gasteiger partial charge in [-0.1, -0.05) is 29.8 Å². The number of nitrogens with zero attached hydrogens (tertiary/aromatic N) is 1. The average Bonchev–Trinajstić information content (AvgIpc) is 2.65. The van der Waals surface area contributed by atoms with E-state index in [1.807, 2.05) is 42.5 Å². The molecule has 2 aromatic carbocycles. The number of ether oxygens (including phenoxy) is 1. The van der Waals surface area contributed by atoms with Crippen molar-refractivity contribution in [2.24, 2.45) is 0 Å². The molecule has 0 aliphatic carbocycles. The van der Waals surface area contributed by atoms with E-state index in [-0.39, 0.29) is 5.56 Å². The Morgan fingerprint density at radius 3 is 2.58 bits per heavy atom. The normalized spacial score (nSPS) is 10.8. The van der Waals surface area contributed by atoms with Crippen LogP contribution in [-0.4, -0.2) is 11.7 Å². The molecule has 0 amide bonds. The zero-order chi connectivity index (χ0) is 18.5. The number of aryl methyl sites for hydroxylation is 1. The van der Waals surface area contributed by atoms with Crippen LogP contribution in [0.1, 0.15) is 16.7 Å². The first kappa shape index (κ1) is 18.0. The fourth-order valence-corrected chi connectivity index (χ4v) is 3.09. The highest BCUT2D eigenvalue weighted by molar-refractivity contribution is 5.80. The highest BCUT2D eigenvalue weighted by Crippen LogP contribution is 2.16. The summed E-state index contributed by atoms with van der Waals surface area (Å²) in [6, 6.07) is 16.1. The number of nitrogens with one attached hydrogen (secondary N) is 1. The summed E-state index contributed by atoms with van der Waals surface area (Å²) >= 11 is 0. The molecular formula is C22H24N2O2. The fourth-order valence-electron chi connectivity index (χ4n) is 3.09. The molecule has 3 rings (SSSR count). The molecule has 0 bridgehead atoms. The molecule has 134 valence electrons. The van der Waals surface area contributed by atoms with Crippen molar-refractivity contribution in [3.05, 3.63) is 88.2 Å². The predicted octanol–water partition coefficient (Wildman–Crippen LogP) is 3.79. The number of benzene rings is 2. The summed E-state index contributed by atoms with van der Waals surface area (Å²) in [5, 5.41) is 4.44. The minimum Gasteiger partial charge on any atom is -0.497 e. The van der Waals surface area contributed by atoms with Crippen LogP contribution in [0, 0.1) is 6.92 Å². The topological polar surface area (TPSA) is 43.3 Å². The maximum Gasteiger partial charge on any atom is 0.255 e. The van der Waals surface area contributed by atoms with E-state index in [2.05, 4.69) is 24.9 Å². The van der Waals surface area contributed by atoms with E-state index in [1.165, 1.54) is 5.56 Å². The molecule has 0 aliphatic rings. The molecule has 0 aliphatic heterocycles. The molecule has 4 heteroatoms. The third-order valence-corrected chi connectivity index (χ3v) is 4.44. The van der Waals surface area contributed by atoms with Crippen LogP contribution in [0.3, 0.4) is 0 Å². The fraction of sp³-hybridized carbons (Fsp3) is 0.227. The van der Waals surface area contributed by atoms with Crippen molar-refractivity contribution >= 4 is 10.9 Å². The monoisotopic (exact) mass is 348 g/mol. The molecule has 4 nitrogen and oxygen atoms in total. The van der Waals surface area contributed by atoms with Crippen molar-refractivity contribution < 1.29 is 4.74 Å². The van der Waals surface area contributed by atoms with Crippen LogP contribution in [0.15, 0.2) is 66.0 Å². The van der Waals surface area contributed by atoms with E-state index >= 15 is 0 Å². The van der Waals surface area contributed by atoms with Gasteiger partial charge in [-0.15, -0.1) is 6.58 Å². The molecule has 26 heavy (non-hydrogen) atoms. The highest BCUT2D eigenvalue weighted by atomic mass is 16.5. The molecule has 0 spiro atoms. The van der Waals surface area contributed by atoms with Gasteiger partial charge in [0, 0.05) is 25.2 Å². The number of allylic oxidation sites excluding steroid dienone is 1. The molecule has 1 N–H and O–H groups in total. The van der Waals surface area contributed by atoms with E-state index in [1.54, 1.807) is 17.8 Å². The van der Waals surface area contributed by atoms with Crippen LogP contribution in [0.25, 0.3) is 10.9 Å². The second-order valence-corrected chi connectivity index (χ2v) is 6.39. The van der Waals surface area contributed by atoms with Crippen LogP contribution in [-0.2, 0) is 19.6 Å². The Hall–Kier alpha value is -2.85. The summed E-state index contributed by atoms with van der Waals surface area (Å²) in [7, 11) is 1.66. The van der Waals surface area contributed by atoms with E-state index in [4.69, 9.17) is 4.74 Å². The highest BCUT2D eigenvalue weighted by Gasteiger charge is 2.09. The molecule has 3 aromatic rings. The molecule has 0 saturated heterocycles. The van der Waals surface area contributed by atoms with Crippen LogP contribution < -0.4 is 15.6 Å². The molecule has 0 atom stereocenters. The van der Waals surface area contributed by atoms with E-state index in [9.17, 15) is 4.79 Å². The lowest BCUT2D eigenvalue weighted by molar-refractivity contribution is 0.414. The Labute approximate surface area is 153 Å². The van der Waals surface area contributed by atoms with Gasteiger partial charge >= 0.3 is 0 Å². The Bertz CT molecular complexity index is 972.